The summed E-state index contributed by atoms with van der Waals surface area (Å²) in [6.45, 7) is 5.14. The van der Waals surface area contributed by atoms with Gasteiger partial charge in [-0.25, -0.2) is 0 Å². The van der Waals surface area contributed by atoms with Crippen molar-refractivity contribution in [2.45, 2.75) is 109 Å². The van der Waals surface area contributed by atoms with E-state index in [0.717, 1.165) is 38.1 Å². The van der Waals surface area contributed by atoms with E-state index in [0.29, 0.717) is 11.8 Å². The molecule has 27 heavy (non-hydrogen) atoms. The van der Waals surface area contributed by atoms with Crippen molar-refractivity contribution in [3.8, 4) is 0 Å². The van der Waals surface area contributed by atoms with E-state index in [-0.39, 0.29) is 5.91 Å². The molecule has 0 bridgehead atoms. The van der Waals surface area contributed by atoms with Gasteiger partial charge in [0.05, 0.1) is 6.34 Å². The molecule has 0 saturated heterocycles. The van der Waals surface area contributed by atoms with Gasteiger partial charge in [0.25, 0.3) is 0 Å². The van der Waals surface area contributed by atoms with Crippen LogP contribution in [0, 0.1) is 17.8 Å². The van der Waals surface area contributed by atoms with Crippen LogP contribution in [0.1, 0.15) is 104 Å². The highest BCUT2D eigenvalue weighted by atomic mass is 16.2. The molecule has 3 N–H and O–H groups in total. The predicted octanol–water partition coefficient (Wildman–Crippen LogP) is 5.21. The van der Waals surface area contributed by atoms with Gasteiger partial charge in [-0.3, -0.25) is 9.79 Å². The molecule has 2 aliphatic carbocycles. The summed E-state index contributed by atoms with van der Waals surface area (Å²) in [6.07, 6.45) is 18.4. The molecule has 2 aliphatic rings. The van der Waals surface area contributed by atoms with Gasteiger partial charge in [-0.15, -0.1) is 0 Å². The molecule has 1 amide bonds. The Balaban J connectivity index is 2.07. The second-order valence-corrected chi connectivity index (χ2v) is 9.50. The third kappa shape index (κ3) is 7.46. The number of hydrogen-bond acceptors (Lipinski definition) is 2. The normalized spacial score (nSPS) is 22.2. The lowest BCUT2D eigenvalue weighted by Gasteiger charge is -2.35. The molecule has 2 fully saturated rings. The minimum atomic E-state index is -0.648. The van der Waals surface area contributed by atoms with E-state index in [1.54, 1.807) is 0 Å². The molecule has 2 rings (SSSR count). The molecule has 2 saturated carbocycles. The average Bonchev–Trinajstić information content (AvgIpc) is 2.67. The Hall–Kier alpha value is -1.06. The molecule has 4 nitrogen and oxygen atoms in total. The van der Waals surface area contributed by atoms with Crippen LogP contribution in [0.4, 0.5) is 0 Å². The maximum Gasteiger partial charge on any atom is 0.247 e. The van der Waals surface area contributed by atoms with Gasteiger partial charge < -0.3 is 11.1 Å². The van der Waals surface area contributed by atoms with Crippen LogP contribution in [0.25, 0.3) is 0 Å². The number of carbonyl (C=O) groups is 1. The lowest BCUT2D eigenvalue weighted by Crippen LogP contribution is -2.48. The minimum absolute atomic E-state index is 0.117. The van der Waals surface area contributed by atoms with Crippen molar-refractivity contribution in [3.63, 3.8) is 0 Å². The number of nitrogens with zero attached hydrogens (tertiary/aromatic N) is 1. The predicted molar refractivity (Wildman–Crippen MR) is 115 cm³/mol. The maximum absolute atomic E-state index is 13.3. The second kappa shape index (κ2) is 11.7. The molecular weight excluding hydrogens is 334 g/mol. The summed E-state index contributed by atoms with van der Waals surface area (Å²) < 4.78 is 0. The number of aliphatic imine (C=N–C) groups is 1. The third-order valence-corrected chi connectivity index (χ3v) is 6.79. The maximum atomic E-state index is 13.3. The second-order valence-electron chi connectivity index (χ2n) is 9.50. The zero-order chi connectivity index (χ0) is 19.5. The van der Waals surface area contributed by atoms with Gasteiger partial charge in [-0.1, -0.05) is 78.1 Å². The number of nitrogens with two attached hydrogens (primary N) is 1. The van der Waals surface area contributed by atoms with Crippen molar-refractivity contribution in [2.75, 3.05) is 6.54 Å². The molecule has 0 aliphatic heterocycles. The SMILES string of the molecule is CC(C)CCNC(=O)[C@@](CCC1CCCCC1)(CC1CCCCC1)N=CN. The number of rotatable bonds is 10. The molecule has 1 atom stereocenters. The van der Waals surface area contributed by atoms with E-state index in [1.165, 1.54) is 70.5 Å². The molecule has 0 unspecified atom stereocenters. The van der Waals surface area contributed by atoms with Gasteiger partial charge in [0.1, 0.15) is 5.54 Å². The van der Waals surface area contributed by atoms with Gasteiger partial charge in [-0.05, 0) is 43.4 Å². The summed E-state index contributed by atoms with van der Waals surface area (Å²) in [5.41, 5.74) is 5.12. The average molecular weight is 378 g/mol. The summed E-state index contributed by atoms with van der Waals surface area (Å²) in [4.78, 5) is 18.0. The highest BCUT2D eigenvalue weighted by molar-refractivity contribution is 5.87. The summed E-state index contributed by atoms with van der Waals surface area (Å²) >= 11 is 0. The molecule has 0 aromatic rings. The monoisotopic (exact) mass is 377 g/mol. The van der Waals surface area contributed by atoms with Gasteiger partial charge >= 0.3 is 0 Å². The summed E-state index contributed by atoms with van der Waals surface area (Å²) in [7, 11) is 0. The number of carbonyl (C=O) groups excluding carboxylic acids is 1. The smallest absolute Gasteiger partial charge is 0.247 e. The minimum Gasteiger partial charge on any atom is -0.390 e. The molecule has 0 aromatic heterocycles. The molecular formula is C23H43N3O. The molecule has 0 aromatic carbocycles. The van der Waals surface area contributed by atoms with Crippen molar-refractivity contribution >= 4 is 12.2 Å². The lowest BCUT2D eigenvalue weighted by atomic mass is 9.75. The van der Waals surface area contributed by atoms with Crippen molar-refractivity contribution < 1.29 is 4.79 Å². The highest BCUT2D eigenvalue weighted by Gasteiger charge is 2.40. The largest absolute Gasteiger partial charge is 0.390 e. The fourth-order valence-corrected chi connectivity index (χ4v) is 5.05. The zero-order valence-corrected chi connectivity index (χ0v) is 17.8. The Morgan fingerprint density at radius 3 is 2.22 bits per heavy atom. The van der Waals surface area contributed by atoms with Crippen LogP contribution < -0.4 is 11.1 Å². The molecule has 0 radical (unpaired) electrons. The zero-order valence-electron chi connectivity index (χ0n) is 17.8. The van der Waals surface area contributed by atoms with Gasteiger partial charge in [0, 0.05) is 6.54 Å². The Morgan fingerprint density at radius 1 is 1.07 bits per heavy atom. The van der Waals surface area contributed by atoms with E-state index < -0.39 is 5.54 Å². The fourth-order valence-electron chi connectivity index (χ4n) is 5.05. The third-order valence-electron chi connectivity index (χ3n) is 6.79. The molecule has 0 heterocycles. The van der Waals surface area contributed by atoms with E-state index in [9.17, 15) is 4.79 Å². The van der Waals surface area contributed by atoms with Gasteiger partial charge in [0.2, 0.25) is 5.91 Å². The summed E-state index contributed by atoms with van der Waals surface area (Å²) in [5, 5.41) is 3.21. The van der Waals surface area contributed by atoms with Crippen LogP contribution in [0.5, 0.6) is 0 Å². The van der Waals surface area contributed by atoms with Gasteiger partial charge in [-0.2, -0.15) is 0 Å². The molecule has 156 valence electrons. The standard InChI is InChI=1S/C23H43N3O/c1-19(2)14-16-25-22(27)23(26-18-24,17-21-11-7-4-8-12-21)15-13-20-9-5-3-6-10-20/h18-21H,3-17H2,1-2H3,(H2,24,26)(H,25,27)/t23-/m1/s1. The van der Waals surface area contributed by atoms with Crippen molar-refractivity contribution in [3.05, 3.63) is 0 Å². The molecule has 0 spiro atoms. The van der Waals surface area contributed by atoms with Crippen LogP contribution in [-0.4, -0.2) is 24.3 Å². The molecule has 4 heteroatoms. The quantitative estimate of drug-likeness (QED) is 0.405. The van der Waals surface area contributed by atoms with Crippen LogP contribution in [0.2, 0.25) is 0 Å². The Morgan fingerprint density at radius 2 is 1.67 bits per heavy atom. The first-order valence-corrected chi connectivity index (χ1v) is 11.6. The van der Waals surface area contributed by atoms with Crippen molar-refractivity contribution in [1.29, 1.82) is 0 Å². The van der Waals surface area contributed by atoms with Crippen LogP contribution in [-0.2, 0) is 4.79 Å². The first-order valence-electron chi connectivity index (χ1n) is 11.6. The first kappa shape index (κ1) is 22.2. The van der Waals surface area contributed by atoms with E-state index in [4.69, 9.17) is 5.73 Å². The van der Waals surface area contributed by atoms with Crippen LogP contribution in [0.3, 0.4) is 0 Å². The summed E-state index contributed by atoms with van der Waals surface area (Å²) in [5.74, 6) is 2.09. The Bertz CT molecular complexity index is 451. The Labute approximate surface area is 167 Å². The topological polar surface area (TPSA) is 67.5 Å². The van der Waals surface area contributed by atoms with E-state index >= 15 is 0 Å². The van der Waals surface area contributed by atoms with Crippen LogP contribution >= 0.6 is 0 Å². The number of amides is 1. The highest BCUT2D eigenvalue weighted by Crippen LogP contribution is 2.37. The lowest BCUT2D eigenvalue weighted by molar-refractivity contribution is -0.127. The van der Waals surface area contributed by atoms with Crippen molar-refractivity contribution in [1.82, 2.24) is 5.32 Å². The van der Waals surface area contributed by atoms with Gasteiger partial charge in [0.15, 0.2) is 0 Å². The number of nitrogens with one attached hydrogen (secondary N) is 1. The Kier molecular flexibility index (Phi) is 9.64. The fraction of sp³-hybridized carbons (Fsp3) is 0.913. The first-order chi connectivity index (χ1) is 13.1. The number of hydrogen-bond donors (Lipinski definition) is 2. The van der Waals surface area contributed by atoms with Crippen LogP contribution in [0.15, 0.2) is 4.99 Å². The van der Waals surface area contributed by atoms with E-state index in [2.05, 4.69) is 24.2 Å². The summed E-state index contributed by atoms with van der Waals surface area (Å²) in [6, 6.07) is 0. The van der Waals surface area contributed by atoms with E-state index in [1.807, 2.05) is 0 Å². The van der Waals surface area contributed by atoms with Crippen molar-refractivity contribution in [2.24, 2.45) is 28.5 Å².